The van der Waals surface area contributed by atoms with E-state index in [1.54, 1.807) is 6.82 Å². The van der Waals surface area contributed by atoms with Crippen LogP contribution in [0.25, 0.3) is 11.1 Å². The van der Waals surface area contributed by atoms with E-state index in [1.807, 2.05) is 38.1 Å². The van der Waals surface area contributed by atoms with Gasteiger partial charge in [0.25, 0.3) is 6.92 Å². The van der Waals surface area contributed by atoms with Crippen LogP contribution in [0.1, 0.15) is 25.8 Å². The average molecular weight is 431 g/mol. The van der Waals surface area contributed by atoms with Crippen molar-refractivity contribution in [2.45, 2.75) is 39.8 Å². The van der Waals surface area contributed by atoms with Crippen LogP contribution in [0.3, 0.4) is 0 Å². The van der Waals surface area contributed by atoms with Crippen LogP contribution in [0.2, 0.25) is 18.2 Å². The molecule has 2 aromatic carbocycles. The lowest BCUT2D eigenvalue weighted by Crippen LogP contribution is -2.27. The van der Waals surface area contributed by atoms with Gasteiger partial charge < -0.3 is 14.5 Å². The molecule has 0 fully saturated rings. The Balaban J connectivity index is 2.11. The van der Waals surface area contributed by atoms with Crippen LogP contribution in [0.5, 0.6) is 0 Å². The molecule has 0 aliphatic carbocycles. The predicted octanol–water partition coefficient (Wildman–Crippen LogP) is 5.39. The van der Waals surface area contributed by atoms with E-state index in [4.69, 9.17) is 21.1 Å². The number of halogens is 1. The Morgan fingerprint density at radius 1 is 1.10 bits per heavy atom. The summed E-state index contributed by atoms with van der Waals surface area (Å²) in [5.41, 5.74) is 3.35. The SMILES string of the molecule is CCOC[C@H](C[C@H](CB(C)O)Cc1ccc(-c2cccc(Cl)c2)cc1)C(=O)OCC. The minimum Gasteiger partial charge on any atom is -0.466 e. The maximum absolute atomic E-state index is 12.4. The first-order valence-corrected chi connectivity index (χ1v) is 11.1. The molecule has 0 unspecified atom stereocenters. The molecule has 0 aromatic heterocycles. The lowest BCUT2D eigenvalue weighted by Gasteiger charge is -2.23. The first-order valence-electron chi connectivity index (χ1n) is 10.7. The molecule has 30 heavy (non-hydrogen) atoms. The highest BCUT2D eigenvalue weighted by Crippen LogP contribution is 2.27. The summed E-state index contributed by atoms with van der Waals surface area (Å²) in [5.74, 6) is -0.394. The number of carbonyl (C=O) groups is 1. The minimum atomic E-state index is -0.435. The zero-order chi connectivity index (χ0) is 21.9. The zero-order valence-electron chi connectivity index (χ0n) is 18.1. The number of ether oxygens (including phenoxy) is 2. The molecular weight excluding hydrogens is 399 g/mol. The summed E-state index contributed by atoms with van der Waals surface area (Å²) in [7, 11) is 0. The molecule has 0 aliphatic heterocycles. The lowest BCUT2D eigenvalue weighted by molar-refractivity contribution is -0.150. The van der Waals surface area contributed by atoms with Crippen LogP contribution < -0.4 is 0 Å². The smallest absolute Gasteiger partial charge is 0.311 e. The summed E-state index contributed by atoms with van der Waals surface area (Å²) < 4.78 is 10.8. The zero-order valence-corrected chi connectivity index (χ0v) is 18.9. The van der Waals surface area contributed by atoms with Crippen molar-refractivity contribution in [3.8, 4) is 11.1 Å². The maximum Gasteiger partial charge on any atom is 0.311 e. The Morgan fingerprint density at radius 2 is 1.83 bits per heavy atom. The summed E-state index contributed by atoms with van der Waals surface area (Å²) in [6.45, 7) is 6.34. The Morgan fingerprint density at radius 3 is 2.43 bits per heavy atom. The molecule has 0 heterocycles. The van der Waals surface area contributed by atoms with Gasteiger partial charge in [-0.25, -0.2) is 0 Å². The van der Waals surface area contributed by atoms with Crippen LogP contribution >= 0.6 is 11.6 Å². The van der Waals surface area contributed by atoms with E-state index < -0.39 is 6.92 Å². The normalized spacial score (nSPS) is 13.0. The van der Waals surface area contributed by atoms with Crippen molar-refractivity contribution in [2.24, 2.45) is 11.8 Å². The fraction of sp³-hybridized carbons (Fsp3) is 0.458. The molecule has 0 radical (unpaired) electrons. The second kappa shape index (κ2) is 12.8. The predicted molar refractivity (Wildman–Crippen MR) is 124 cm³/mol. The molecule has 0 spiro atoms. The molecule has 162 valence electrons. The topological polar surface area (TPSA) is 55.8 Å². The van der Waals surface area contributed by atoms with Crippen LogP contribution in [-0.2, 0) is 20.7 Å². The highest BCUT2D eigenvalue weighted by molar-refractivity contribution is 6.48. The van der Waals surface area contributed by atoms with Gasteiger partial charge in [0, 0.05) is 11.6 Å². The van der Waals surface area contributed by atoms with Gasteiger partial charge in [0.2, 0.25) is 0 Å². The highest BCUT2D eigenvalue weighted by Gasteiger charge is 2.26. The number of hydrogen-bond acceptors (Lipinski definition) is 4. The van der Waals surface area contributed by atoms with E-state index in [2.05, 4.69) is 24.3 Å². The van der Waals surface area contributed by atoms with Gasteiger partial charge in [-0.2, -0.15) is 0 Å². The maximum atomic E-state index is 12.4. The summed E-state index contributed by atoms with van der Waals surface area (Å²) in [4.78, 5) is 12.4. The Bertz CT molecular complexity index is 779. The molecule has 0 bridgehead atoms. The van der Waals surface area contributed by atoms with Crippen molar-refractivity contribution in [1.82, 2.24) is 0 Å². The van der Waals surface area contributed by atoms with Crippen molar-refractivity contribution in [2.75, 3.05) is 19.8 Å². The van der Waals surface area contributed by atoms with Crippen molar-refractivity contribution < 1.29 is 19.3 Å². The quantitative estimate of drug-likeness (QED) is 0.362. The molecule has 2 rings (SSSR count). The van der Waals surface area contributed by atoms with Gasteiger partial charge >= 0.3 is 5.97 Å². The third-order valence-electron chi connectivity index (χ3n) is 5.07. The van der Waals surface area contributed by atoms with Crippen molar-refractivity contribution >= 4 is 24.5 Å². The molecule has 0 amide bonds. The summed E-state index contributed by atoms with van der Waals surface area (Å²) >= 11 is 6.10. The lowest BCUT2D eigenvalue weighted by atomic mass is 9.62. The van der Waals surface area contributed by atoms with Crippen molar-refractivity contribution in [1.29, 1.82) is 0 Å². The van der Waals surface area contributed by atoms with Gasteiger partial charge in [-0.3, -0.25) is 4.79 Å². The van der Waals surface area contributed by atoms with E-state index in [0.29, 0.717) is 37.6 Å². The van der Waals surface area contributed by atoms with Crippen LogP contribution in [0, 0.1) is 11.8 Å². The molecule has 2 atom stereocenters. The first kappa shape index (κ1) is 24.5. The molecular formula is C24H32BClO4. The Kier molecular flexibility index (Phi) is 10.4. The van der Waals surface area contributed by atoms with Gasteiger partial charge in [-0.15, -0.1) is 0 Å². The third kappa shape index (κ3) is 8.13. The fourth-order valence-electron chi connectivity index (χ4n) is 3.73. The third-order valence-corrected chi connectivity index (χ3v) is 5.31. The molecule has 0 saturated heterocycles. The van der Waals surface area contributed by atoms with E-state index in [0.717, 1.165) is 17.5 Å². The molecule has 4 nitrogen and oxygen atoms in total. The van der Waals surface area contributed by atoms with Crippen LogP contribution in [0.15, 0.2) is 48.5 Å². The highest BCUT2D eigenvalue weighted by atomic mass is 35.5. The van der Waals surface area contributed by atoms with E-state index in [-0.39, 0.29) is 17.8 Å². The Hall–Kier alpha value is -1.82. The van der Waals surface area contributed by atoms with E-state index in [1.165, 1.54) is 5.56 Å². The molecule has 0 aliphatic rings. The number of benzene rings is 2. The van der Waals surface area contributed by atoms with Crippen molar-refractivity contribution in [3.63, 3.8) is 0 Å². The monoisotopic (exact) mass is 430 g/mol. The van der Waals surface area contributed by atoms with Gasteiger partial charge in [0.05, 0.1) is 19.1 Å². The summed E-state index contributed by atoms with van der Waals surface area (Å²) in [6, 6.07) is 16.2. The first-order chi connectivity index (χ1) is 14.4. The fourth-order valence-corrected chi connectivity index (χ4v) is 3.93. The average Bonchev–Trinajstić information content (AvgIpc) is 2.71. The number of rotatable bonds is 12. The number of hydrogen-bond donors (Lipinski definition) is 1. The van der Waals surface area contributed by atoms with Crippen LogP contribution in [0.4, 0.5) is 0 Å². The molecule has 1 N–H and O–H groups in total. The number of carbonyl (C=O) groups excluding carboxylic acids is 1. The second-order valence-corrected chi connectivity index (χ2v) is 8.14. The number of esters is 1. The molecule has 6 heteroatoms. The van der Waals surface area contributed by atoms with Gasteiger partial charge in [-0.1, -0.05) is 54.8 Å². The summed E-state index contributed by atoms with van der Waals surface area (Å²) in [5, 5.41) is 10.7. The minimum absolute atomic E-state index is 0.150. The molecule has 0 saturated carbocycles. The van der Waals surface area contributed by atoms with Gasteiger partial charge in [0.15, 0.2) is 0 Å². The van der Waals surface area contributed by atoms with Crippen molar-refractivity contribution in [3.05, 3.63) is 59.1 Å². The second-order valence-electron chi connectivity index (χ2n) is 7.71. The molecule has 2 aromatic rings. The standard InChI is InChI=1S/C24H32BClO4/c1-4-29-17-22(24(27)30-5-2)14-19(16-25(3)28)13-18-9-11-20(12-10-18)21-7-6-8-23(26)15-21/h6-12,15,19,22,28H,4-5,13-14,16-17H2,1-3H3/t19-,22+/m1/s1. The summed E-state index contributed by atoms with van der Waals surface area (Å²) in [6.07, 6.45) is 2.03. The van der Waals surface area contributed by atoms with Crippen LogP contribution in [-0.4, -0.2) is 37.7 Å². The van der Waals surface area contributed by atoms with Gasteiger partial charge in [0.1, 0.15) is 0 Å². The van der Waals surface area contributed by atoms with Gasteiger partial charge in [-0.05, 0) is 67.8 Å². The van der Waals surface area contributed by atoms with E-state index >= 15 is 0 Å². The van der Waals surface area contributed by atoms with E-state index in [9.17, 15) is 9.82 Å². The Labute approximate surface area is 185 Å². The largest absolute Gasteiger partial charge is 0.466 e.